The molecule has 0 aromatic carbocycles. The lowest BCUT2D eigenvalue weighted by atomic mass is 10.2. The normalized spacial score (nSPS) is 14.8. The topological polar surface area (TPSA) is 0 Å². The minimum atomic E-state index is 1.21. The third-order valence-corrected chi connectivity index (χ3v) is 3.84. The molecule has 0 spiro atoms. The van der Waals surface area contributed by atoms with Crippen LogP contribution in [0.25, 0.3) is 0 Å². The number of hydrogen-bond acceptors (Lipinski definition) is 0. The summed E-state index contributed by atoms with van der Waals surface area (Å²) in [7, 11) is 0. The smallest absolute Gasteiger partial charge is 0.0398 e. The van der Waals surface area contributed by atoms with Gasteiger partial charge in [-0.2, -0.15) is 0 Å². The largest absolute Gasteiger partial charge is 0.0764 e. The summed E-state index contributed by atoms with van der Waals surface area (Å²) in [4.78, 5) is 0. The summed E-state index contributed by atoms with van der Waals surface area (Å²) in [6.45, 7) is 16.8. The number of hydrogen-bond donors (Lipinski definition) is 0. The first-order valence-corrected chi connectivity index (χ1v) is 10.6. The van der Waals surface area contributed by atoms with E-state index in [1.54, 1.807) is 0 Å². The maximum atomic E-state index is 2.12. The maximum Gasteiger partial charge on any atom is -0.0398 e. The fraction of sp³-hybridized carbons (Fsp3) is 0.267. The first-order chi connectivity index (χ1) is 14.2. The van der Waals surface area contributed by atoms with Crippen LogP contribution in [-0.4, -0.2) is 0 Å². The van der Waals surface area contributed by atoms with Crippen molar-refractivity contribution in [3.63, 3.8) is 0 Å². The molecule has 0 atom stereocenters. The van der Waals surface area contributed by atoms with E-state index in [1.807, 2.05) is 0 Å². The van der Waals surface area contributed by atoms with Crippen molar-refractivity contribution in [3.8, 4) is 0 Å². The van der Waals surface area contributed by atoms with Crippen molar-refractivity contribution in [2.75, 3.05) is 0 Å². The Bertz CT molecular complexity index is 768. The summed E-state index contributed by atoms with van der Waals surface area (Å²) >= 11 is 0. The zero-order valence-corrected chi connectivity index (χ0v) is 20.2. The third kappa shape index (κ3) is 18.5. The molecule has 0 bridgehead atoms. The highest BCUT2D eigenvalue weighted by Gasteiger charge is 1.82. The molecular formula is C30H40. The fourth-order valence-corrected chi connectivity index (χ4v) is 2.12. The van der Waals surface area contributed by atoms with Crippen molar-refractivity contribution in [2.45, 2.75) is 55.4 Å². The van der Waals surface area contributed by atoms with Crippen LogP contribution in [0.2, 0.25) is 0 Å². The zero-order valence-electron chi connectivity index (χ0n) is 20.2. The van der Waals surface area contributed by atoms with E-state index >= 15 is 0 Å². The van der Waals surface area contributed by atoms with E-state index in [1.165, 1.54) is 33.4 Å². The van der Waals surface area contributed by atoms with Crippen LogP contribution < -0.4 is 0 Å². The summed E-state index contributed by atoms with van der Waals surface area (Å²) in [5.41, 5.74) is 7.50. The summed E-state index contributed by atoms with van der Waals surface area (Å²) in [6.07, 6.45) is 33.7. The molecule has 0 saturated carbocycles. The van der Waals surface area contributed by atoms with Gasteiger partial charge >= 0.3 is 0 Å². The molecule has 0 N–H and O–H groups in total. The molecule has 0 unspecified atom stereocenters. The molecule has 0 aromatic rings. The molecule has 0 aliphatic carbocycles. The molecule has 0 aromatic heterocycles. The molecule has 0 aliphatic rings. The second-order valence-electron chi connectivity index (χ2n) is 7.95. The van der Waals surface area contributed by atoms with Crippen LogP contribution >= 0.6 is 0 Å². The van der Waals surface area contributed by atoms with Gasteiger partial charge in [-0.1, -0.05) is 131 Å². The highest BCUT2D eigenvalue weighted by molar-refractivity contribution is 5.32. The molecular weight excluding hydrogens is 360 g/mol. The summed E-state index contributed by atoms with van der Waals surface area (Å²) < 4.78 is 0. The first kappa shape index (κ1) is 27.1. The predicted molar refractivity (Wildman–Crippen MR) is 140 cm³/mol. The van der Waals surface area contributed by atoms with Crippen LogP contribution in [0.3, 0.4) is 0 Å². The molecule has 160 valence electrons. The molecule has 0 heterocycles. The molecule has 0 fully saturated rings. The lowest BCUT2D eigenvalue weighted by Gasteiger charge is -1.91. The fourth-order valence-electron chi connectivity index (χ4n) is 2.12. The predicted octanol–water partition coefficient (Wildman–Crippen LogP) is 9.48. The summed E-state index contributed by atoms with van der Waals surface area (Å²) in [5, 5.41) is 0. The Kier molecular flexibility index (Phi) is 15.4. The van der Waals surface area contributed by atoms with Crippen LogP contribution in [0.5, 0.6) is 0 Å². The van der Waals surface area contributed by atoms with Crippen molar-refractivity contribution in [1.29, 1.82) is 0 Å². The van der Waals surface area contributed by atoms with Crippen molar-refractivity contribution in [2.24, 2.45) is 0 Å². The Hall–Kier alpha value is -2.86. The van der Waals surface area contributed by atoms with Crippen molar-refractivity contribution in [3.05, 3.63) is 131 Å². The second-order valence-corrected chi connectivity index (χ2v) is 7.95. The molecule has 0 nitrogen and oxygen atoms in total. The van der Waals surface area contributed by atoms with E-state index in [2.05, 4.69) is 153 Å². The van der Waals surface area contributed by atoms with E-state index in [0.29, 0.717) is 0 Å². The zero-order chi connectivity index (χ0) is 22.8. The van der Waals surface area contributed by atoms with Crippen molar-refractivity contribution >= 4 is 0 Å². The Labute approximate surface area is 186 Å². The van der Waals surface area contributed by atoms with Crippen LogP contribution in [0.4, 0.5) is 0 Å². The van der Waals surface area contributed by atoms with Crippen LogP contribution in [0.15, 0.2) is 131 Å². The molecule has 0 saturated heterocycles. The van der Waals surface area contributed by atoms with E-state index in [-0.39, 0.29) is 0 Å². The van der Waals surface area contributed by atoms with Crippen LogP contribution in [0, 0.1) is 0 Å². The Balaban J connectivity index is 4.68. The molecule has 0 aliphatic heterocycles. The average molecular weight is 401 g/mol. The average Bonchev–Trinajstić information content (AvgIpc) is 2.64. The van der Waals surface area contributed by atoms with Gasteiger partial charge in [0.2, 0.25) is 0 Å². The summed E-state index contributed by atoms with van der Waals surface area (Å²) in [6, 6.07) is 0. The van der Waals surface area contributed by atoms with Crippen LogP contribution in [0.1, 0.15) is 55.4 Å². The number of allylic oxidation sites excluding steroid dienone is 22. The maximum absolute atomic E-state index is 2.12. The van der Waals surface area contributed by atoms with Gasteiger partial charge in [0.05, 0.1) is 0 Å². The van der Waals surface area contributed by atoms with Gasteiger partial charge in [0, 0.05) is 0 Å². The van der Waals surface area contributed by atoms with Gasteiger partial charge < -0.3 is 0 Å². The molecule has 0 radical (unpaired) electrons. The van der Waals surface area contributed by atoms with E-state index < -0.39 is 0 Å². The van der Waals surface area contributed by atoms with Crippen LogP contribution in [-0.2, 0) is 0 Å². The Morgan fingerprint density at radius 2 is 0.533 bits per heavy atom. The Morgan fingerprint density at radius 1 is 0.300 bits per heavy atom. The second kappa shape index (κ2) is 17.0. The molecule has 0 amide bonds. The monoisotopic (exact) mass is 400 g/mol. The lowest BCUT2D eigenvalue weighted by Crippen LogP contribution is -1.70. The number of rotatable bonds is 10. The van der Waals surface area contributed by atoms with Crippen molar-refractivity contribution in [1.82, 2.24) is 0 Å². The van der Waals surface area contributed by atoms with E-state index in [9.17, 15) is 0 Å². The van der Waals surface area contributed by atoms with Gasteiger partial charge in [0.25, 0.3) is 0 Å². The SMILES string of the molecule is CC(C)=C/C=C/C(C)=C\C=C\C(C)=C/C=C/C=C(C)\C=C\C=C(C)/C=C/C=C(C)C. The van der Waals surface area contributed by atoms with E-state index in [0.717, 1.165) is 0 Å². The first-order valence-electron chi connectivity index (χ1n) is 10.6. The third-order valence-electron chi connectivity index (χ3n) is 3.84. The minimum absolute atomic E-state index is 1.21. The minimum Gasteiger partial charge on any atom is -0.0764 e. The standard InChI is InChI=1S/C30H40/c1-25(2)15-11-19-29(7)23-13-21-27(5)17-9-10-18-28(6)22-14-24-30(8)20-12-16-26(3)4/h9-24H,1-8H3/b10-9+,19-11+,20-12+,21-13+,22-14+,27-17-,28-18-,29-23-,30-24-. The lowest BCUT2D eigenvalue weighted by molar-refractivity contribution is 1.39. The van der Waals surface area contributed by atoms with Gasteiger partial charge in [-0.15, -0.1) is 0 Å². The van der Waals surface area contributed by atoms with Gasteiger partial charge in [-0.05, 0) is 55.4 Å². The van der Waals surface area contributed by atoms with Gasteiger partial charge in [0.1, 0.15) is 0 Å². The highest BCUT2D eigenvalue weighted by atomic mass is 13.9. The quantitative estimate of drug-likeness (QED) is 0.320. The molecule has 0 heteroatoms. The molecule has 30 heavy (non-hydrogen) atoms. The highest BCUT2D eigenvalue weighted by Crippen LogP contribution is 2.03. The Morgan fingerprint density at radius 3 is 0.800 bits per heavy atom. The van der Waals surface area contributed by atoms with Gasteiger partial charge in [0.15, 0.2) is 0 Å². The van der Waals surface area contributed by atoms with Gasteiger partial charge in [-0.3, -0.25) is 0 Å². The van der Waals surface area contributed by atoms with Crippen molar-refractivity contribution < 1.29 is 0 Å². The summed E-state index contributed by atoms with van der Waals surface area (Å²) in [5.74, 6) is 0. The van der Waals surface area contributed by atoms with E-state index in [4.69, 9.17) is 0 Å². The molecule has 0 rings (SSSR count). The van der Waals surface area contributed by atoms with Gasteiger partial charge in [-0.25, -0.2) is 0 Å².